The van der Waals surface area contributed by atoms with E-state index in [4.69, 9.17) is 0 Å². The summed E-state index contributed by atoms with van der Waals surface area (Å²) in [6, 6.07) is 35.8. The first kappa shape index (κ1) is 18.2. The Morgan fingerprint density at radius 2 is 0.964 bits per heavy atom. The third-order valence-electron chi connectivity index (χ3n) is 4.54. The average molecular weight is 385 g/mol. The third kappa shape index (κ3) is 3.88. The molecule has 3 nitrogen and oxygen atoms in total. The molecule has 0 heterocycles. The van der Waals surface area contributed by atoms with Crippen LogP contribution in [0, 0.1) is 0 Å². The molecular formula is C24H19NO2S. The number of benzene rings is 4. The van der Waals surface area contributed by atoms with Crippen molar-refractivity contribution in [1.82, 2.24) is 0 Å². The average Bonchev–Trinajstić information content (AvgIpc) is 2.76. The molecule has 0 spiro atoms. The van der Waals surface area contributed by atoms with E-state index in [1.54, 1.807) is 12.1 Å². The predicted octanol–water partition coefficient (Wildman–Crippen LogP) is 6.40. The van der Waals surface area contributed by atoms with E-state index in [1.807, 2.05) is 60.7 Å². The molecule has 28 heavy (non-hydrogen) atoms. The van der Waals surface area contributed by atoms with Crippen molar-refractivity contribution in [3.8, 4) is 11.1 Å². The number of hydrogen-bond donors (Lipinski definition) is 1. The molecule has 0 bridgehead atoms. The Hall–Kier alpha value is -3.21. The van der Waals surface area contributed by atoms with Gasteiger partial charge in [0.2, 0.25) is 0 Å². The summed E-state index contributed by atoms with van der Waals surface area (Å²) in [6.07, 6.45) is 0. The molecule has 4 aromatic carbocycles. The lowest BCUT2D eigenvalue weighted by atomic mass is 10.0. The van der Waals surface area contributed by atoms with Crippen molar-refractivity contribution < 1.29 is 8.76 Å². The number of hydrogen-bond acceptors (Lipinski definition) is 2. The molecule has 1 atom stereocenters. The van der Waals surface area contributed by atoms with Crippen LogP contribution in [0.25, 0.3) is 11.1 Å². The molecule has 4 rings (SSSR count). The Labute approximate surface area is 167 Å². The second-order valence-corrected chi connectivity index (χ2v) is 7.30. The quantitative estimate of drug-likeness (QED) is 0.404. The zero-order chi connectivity index (χ0) is 19.3. The first-order valence-corrected chi connectivity index (χ1v) is 10.0. The smallest absolute Gasteiger partial charge is 0.186 e. The van der Waals surface area contributed by atoms with Crippen LogP contribution >= 0.6 is 0 Å². The van der Waals surface area contributed by atoms with Crippen molar-refractivity contribution in [2.75, 3.05) is 4.90 Å². The Bertz CT molecular complexity index is 1060. The van der Waals surface area contributed by atoms with Crippen LogP contribution in [-0.4, -0.2) is 8.76 Å². The van der Waals surface area contributed by atoms with Crippen molar-refractivity contribution in [2.45, 2.75) is 4.90 Å². The summed E-state index contributed by atoms with van der Waals surface area (Å²) in [5.74, 6) is 0. The van der Waals surface area contributed by atoms with Crippen LogP contribution in [0.5, 0.6) is 0 Å². The van der Waals surface area contributed by atoms with Gasteiger partial charge in [-0.05, 0) is 59.7 Å². The van der Waals surface area contributed by atoms with Gasteiger partial charge >= 0.3 is 0 Å². The van der Waals surface area contributed by atoms with Crippen molar-refractivity contribution in [1.29, 1.82) is 0 Å². The summed E-state index contributed by atoms with van der Waals surface area (Å²) in [4.78, 5) is 2.51. The Morgan fingerprint density at radius 1 is 0.536 bits per heavy atom. The molecular weight excluding hydrogens is 366 g/mol. The van der Waals surface area contributed by atoms with Gasteiger partial charge in [-0.25, -0.2) is 4.21 Å². The second-order valence-electron chi connectivity index (χ2n) is 6.33. The predicted molar refractivity (Wildman–Crippen MR) is 116 cm³/mol. The van der Waals surface area contributed by atoms with E-state index >= 15 is 0 Å². The zero-order valence-corrected chi connectivity index (χ0v) is 15.9. The van der Waals surface area contributed by atoms with Gasteiger partial charge in [0.15, 0.2) is 11.1 Å². The zero-order valence-electron chi connectivity index (χ0n) is 15.1. The van der Waals surface area contributed by atoms with Crippen molar-refractivity contribution in [3.63, 3.8) is 0 Å². The van der Waals surface area contributed by atoms with Crippen molar-refractivity contribution >= 4 is 28.1 Å². The van der Waals surface area contributed by atoms with Gasteiger partial charge in [-0.2, -0.15) is 0 Å². The van der Waals surface area contributed by atoms with Crippen LogP contribution in [0.1, 0.15) is 0 Å². The van der Waals surface area contributed by atoms with E-state index in [2.05, 4.69) is 41.3 Å². The molecule has 1 unspecified atom stereocenters. The molecule has 4 aromatic rings. The van der Waals surface area contributed by atoms with E-state index in [9.17, 15) is 8.76 Å². The lowest BCUT2D eigenvalue weighted by molar-refractivity contribution is 0.564. The van der Waals surface area contributed by atoms with Crippen molar-refractivity contribution in [2.24, 2.45) is 0 Å². The van der Waals surface area contributed by atoms with E-state index in [0.717, 1.165) is 22.6 Å². The summed E-state index contributed by atoms with van der Waals surface area (Å²) in [6.45, 7) is 0. The highest BCUT2D eigenvalue weighted by molar-refractivity contribution is 7.79. The monoisotopic (exact) mass is 385 g/mol. The molecule has 0 saturated heterocycles. The minimum Gasteiger partial charge on any atom is -0.311 e. The van der Waals surface area contributed by atoms with Crippen LogP contribution in [0.15, 0.2) is 114 Å². The van der Waals surface area contributed by atoms with Gasteiger partial charge in [0.1, 0.15) is 0 Å². The normalized spacial score (nSPS) is 11.8. The Balaban J connectivity index is 1.75. The first-order chi connectivity index (χ1) is 13.7. The first-order valence-electron chi connectivity index (χ1n) is 8.94. The number of anilines is 3. The summed E-state index contributed by atoms with van der Waals surface area (Å²) in [5, 5.41) is 0. The lowest BCUT2D eigenvalue weighted by Gasteiger charge is -2.25. The third-order valence-corrected chi connectivity index (χ3v) is 5.22. The molecule has 0 saturated carbocycles. The molecule has 0 aliphatic heterocycles. The standard InChI is InChI=1S/C24H19NO2S/c26-28(27)24-17-15-23(16-18-24)25(21-9-5-2-6-10-21)22-13-11-20(12-14-22)19-7-3-1-4-8-19/h1-18H,(H,26,27). The topological polar surface area (TPSA) is 40.5 Å². The molecule has 4 heteroatoms. The summed E-state index contributed by atoms with van der Waals surface area (Å²) in [7, 11) is 0. The fourth-order valence-electron chi connectivity index (χ4n) is 3.17. The highest BCUT2D eigenvalue weighted by atomic mass is 32.2. The summed E-state index contributed by atoms with van der Waals surface area (Å²) >= 11 is -1.98. The molecule has 1 N–H and O–H groups in total. The summed E-state index contributed by atoms with van der Waals surface area (Å²) in [5.41, 5.74) is 5.29. The molecule has 0 amide bonds. The van der Waals surface area contributed by atoms with Crippen LogP contribution < -0.4 is 4.90 Å². The lowest BCUT2D eigenvalue weighted by Crippen LogP contribution is -2.09. The summed E-state index contributed by atoms with van der Waals surface area (Å²) < 4.78 is 20.6. The fraction of sp³-hybridized carbons (Fsp3) is 0. The van der Waals surface area contributed by atoms with Gasteiger partial charge < -0.3 is 9.45 Å². The number of nitrogens with zero attached hydrogens (tertiary/aromatic N) is 1. The van der Waals surface area contributed by atoms with Crippen LogP contribution in [0.4, 0.5) is 17.1 Å². The Kier molecular flexibility index (Phi) is 5.33. The molecule has 0 aliphatic carbocycles. The van der Waals surface area contributed by atoms with Crippen molar-refractivity contribution in [3.05, 3.63) is 109 Å². The highest BCUT2D eigenvalue weighted by Crippen LogP contribution is 2.35. The maximum absolute atomic E-state index is 11.3. The molecule has 0 aliphatic rings. The molecule has 0 fully saturated rings. The van der Waals surface area contributed by atoms with Gasteiger partial charge in [0.05, 0.1) is 4.90 Å². The largest absolute Gasteiger partial charge is 0.311 e. The van der Waals surface area contributed by atoms with Gasteiger partial charge in [0.25, 0.3) is 0 Å². The van der Waals surface area contributed by atoms with E-state index in [-0.39, 0.29) is 0 Å². The molecule has 0 radical (unpaired) electrons. The Morgan fingerprint density at radius 3 is 1.50 bits per heavy atom. The van der Waals surface area contributed by atoms with E-state index in [0.29, 0.717) is 4.90 Å². The maximum Gasteiger partial charge on any atom is 0.186 e. The van der Waals surface area contributed by atoms with E-state index < -0.39 is 11.1 Å². The van der Waals surface area contributed by atoms with Crippen LogP contribution in [0.3, 0.4) is 0 Å². The molecule has 138 valence electrons. The van der Waals surface area contributed by atoms with Gasteiger partial charge in [-0.1, -0.05) is 60.7 Å². The number of para-hydroxylation sites is 1. The second kappa shape index (κ2) is 8.21. The maximum atomic E-state index is 11.3. The van der Waals surface area contributed by atoms with Gasteiger partial charge in [-0.3, -0.25) is 0 Å². The van der Waals surface area contributed by atoms with Gasteiger partial charge in [-0.15, -0.1) is 0 Å². The highest BCUT2D eigenvalue weighted by Gasteiger charge is 2.13. The minimum atomic E-state index is -1.98. The number of rotatable bonds is 5. The van der Waals surface area contributed by atoms with Crippen LogP contribution in [-0.2, 0) is 11.1 Å². The SMILES string of the molecule is O=S(O)c1ccc(N(c2ccccc2)c2ccc(-c3ccccc3)cc2)cc1. The van der Waals surface area contributed by atoms with E-state index in [1.165, 1.54) is 5.56 Å². The minimum absolute atomic E-state index is 0.385. The fourth-order valence-corrected chi connectivity index (χ4v) is 3.54. The van der Waals surface area contributed by atoms with Crippen LogP contribution in [0.2, 0.25) is 0 Å². The van der Waals surface area contributed by atoms with Gasteiger partial charge in [0, 0.05) is 17.1 Å². The molecule has 0 aromatic heterocycles.